The summed E-state index contributed by atoms with van der Waals surface area (Å²) in [4.78, 5) is 0. The fourth-order valence-corrected chi connectivity index (χ4v) is 2.32. The maximum atomic E-state index is 5.00. The molecule has 10 heavy (non-hydrogen) atoms. The maximum absolute atomic E-state index is 5.00. The zero-order chi connectivity index (χ0) is 7.82. The van der Waals surface area contributed by atoms with Gasteiger partial charge in [-0.25, -0.2) is 0 Å². The van der Waals surface area contributed by atoms with Crippen LogP contribution in [0.5, 0.6) is 0 Å². The van der Waals surface area contributed by atoms with Crippen molar-refractivity contribution in [2.45, 2.75) is 38.4 Å². The van der Waals surface area contributed by atoms with Gasteiger partial charge in [-0.2, -0.15) is 11.8 Å². The Morgan fingerprint density at radius 3 is 2.50 bits per heavy atom. The average Bonchev–Trinajstić information content (AvgIpc) is 1.99. The molecule has 0 aliphatic heterocycles. The van der Waals surface area contributed by atoms with E-state index in [0.29, 0.717) is 0 Å². The van der Waals surface area contributed by atoms with Gasteiger partial charge in [0.05, 0.1) is 0 Å². The molecule has 0 saturated heterocycles. The van der Waals surface area contributed by atoms with E-state index in [0.717, 1.165) is 11.0 Å². The molecule has 0 aliphatic carbocycles. The molecule has 0 nitrogen and oxygen atoms in total. The lowest BCUT2D eigenvalue weighted by atomic mass is 10.4. The van der Waals surface area contributed by atoms with Crippen LogP contribution < -0.4 is 0 Å². The third-order valence-electron chi connectivity index (χ3n) is 1.49. The first-order valence-corrected chi connectivity index (χ1v) is 5.67. The third kappa shape index (κ3) is 5.48. The van der Waals surface area contributed by atoms with Crippen molar-refractivity contribution in [3.63, 3.8) is 0 Å². The molecular weight excluding hydrogens is 160 g/mol. The third-order valence-corrected chi connectivity index (χ3v) is 3.60. The highest BCUT2D eigenvalue weighted by molar-refractivity contribution is 8.00. The van der Waals surface area contributed by atoms with Crippen LogP contribution in [0.25, 0.3) is 0 Å². The zero-order valence-electron chi connectivity index (χ0n) is 6.93. The smallest absolute Gasteiger partial charge is 0.0156 e. The summed E-state index contributed by atoms with van der Waals surface area (Å²) in [5.74, 6) is 2.22. The van der Waals surface area contributed by atoms with Crippen molar-refractivity contribution < 1.29 is 0 Å². The van der Waals surface area contributed by atoms with E-state index in [1.165, 1.54) is 25.0 Å². The van der Waals surface area contributed by atoms with Gasteiger partial charge in [0, 0.05) is 11.0 Å². The van der Waals surface area contributed by atoms with E-state index >= 15 is 0 Å². The minimum atomic E-state index is 0.738. The monoisotopic (exact) mass is 177 g/mol. The molecule has 0 unspecified atom stereocenters. The van der Waals surface area contributed by atoms with Crippen LogP contribution in [-0.2, 0) is 0 Å². The van der Waals surface area contributed by atoms with Crippen molar-refractivity contribution in [1.82, 2.24) is 0 Å². The summed E-state index contributed by atoms with van der Waals surface area (Å²) in [6.07, 6.45) is 3.88. The molecule has 61 valence electrons. The fraction of sp³-hybridized carbons (Fsp3) is 1.00. The van der Waals surface area contributed by atoms with Gasteiger partial charge in [0.15, 0.2) is 0 Å². The second-order valence-corrected chi connectivity index (χ2v) is 4.16. The van der Waals surface area contributed by atoms with Crippen LogP contribution in [0.15, 0.2) is 0 Å². The van der Waals surface area contributed by atoms with Gasteiger partial charge < -0.3 is 0 Å². The largest absolute Gasteiger partial charge is 0.158 e. The number of unbranched alkanes of at least 4 members (excludes halogenated alkanes) is 1. The van der Waals surface area contributed by atoms with Crippen LogP contribution in [-0.4, -0.2) is 16.8 Å². The van der Waals surface area contributed by atoms with E-state index in [1.54, 1.807) is 0 Å². The van der Waals surface area contributed by atoms with Crippen LogP contribution in [0.1, 0.15) is 33.1 Å². The highest BCUT2D eigenvalue weighted by Crippen LogP contribution is 2.16. The van der Waals surface area contributed by atoms with Crippen molar-refractivity contribution in [1.29, 1.82) is 0 Å². The molecule has 0 aromatic heterocycles. The second-order valence-electron chi connectivity index (χ2n) is 2.42. The lowest BCUT2D eigenvalue weighted by Gasteiger charge is -2.09. The Morgan fingerprint density at radius 1 is 1.40 bits per heavy atom. The molecule has 0 rings (SSSR count). The standard InChI is InChI=1S/C8H17S2/c1-3-5-6-10-8(4-2)7-9/h8H,3-7H2,1-2H3/t8-/m0/s1. The molecule has 0 saturated carbocycles. The Morgan fingerprint density at radius 2 is 2.10 bits per heavy atom. The van der Waals surface area contributed by atoms with E-state index in [-0.39, 0.29) is 0 Å². The molecule has 0 N–H and O–H groups in total. The quantitative estimate of drug-likeness (QED) is 0.560. The number of hydrogen-bond donors (Lipinski definition) is 0. The molecule has 2 heteroatoms. The Labute approximate surface area is 74.6 Å². The van der Waals surface area contributed by atoms with Gasteiger partial charge in [-0.05, 0) is 18.6 Å². The lowest BCUT2D eigenvalue weighted by molar-refractivity contribution is 0.877. The number of rotatable bonds is 6. The average molecular weight is 177 g/mol. The summed E-state index contributed by atoms with van der Waals surface area (Å²) in [6, 6.07) is 0. The SMILES string of the molecule is CCCCS[C@@H](CC)C[S]. The highest BCUT2D eigenvalue weighted by atomic mass is 32.2. The van der Waals surface area contributed by atoms with Gasteiger partial charge in [-0.3, -0.25) is 0 Å². The van der Waals surface area contributed by atoms with Gasteiger partial charge >= 0.3 is 0 Å². The van der Waals surface area contributed by atoms with E-state index < -0.39 is 0 Å². The molecule has 1 radical (unpaired) electrons. The van der Waals surface area contributed by atoms with Crippen LogP contribution >= 0.6 is 24.4 Å². The van der Waals surface area contributed by atoms with Crippen molar-refractivity contribution in [3.05, 3.63) is 0 Å². The summed E-state index contributed by atoms with van der Waals surface area (Å²) >= 11 is 7.04. The molecule has 0 fully saturated rings. The summed E-state index contributed by atoms with van der Waals surface area (Å²) in [5, 5.41) is 0.738. The molecule has 1 atom stereocenters. The van der Waals surface area contributed by atoms with Crippen LogP contribution in [0.4, 0.5) is 0 Å². The molecule has 0 aliphatic rings. The van der Waals surface area contributed by atoms with Crippen molar-refractivity contribution in [2.75, 3.05) is 11.5 Å². The first-order valence-electron chi connectivity index (χ1n) is 4.04. The van der Waals surface area contributed by atoms with Crippen LogP contribution in [0.2, 0.25) is 0 Å². The van der Waals surface area contributed by atoms with E-state index in [2.05, 4.69) is 13.8 Å². The molecule has 0 heterocycles. The second kappa shape index (κ2) is 7.80. The predicted molar refractivity (Wildman–Crippen MR) is 53.9 cm³/mol. The number of hydrogen-bond acceptors (Lipinski definition) is 1. The molecule has 0 amide bonds. The topological polar surface area (TPSA) is 0 Å². The molecule has 0 aromatic rings. The molecular formula is C8H17S2. The fourth-order valence-electron chi connectivity index (χ4n) is 0.678. The Hall–Kier alpha value is 0.700. The van der Waals surface area contributed by atoms with Crippen LogP contribution in [0, 0.1) is 0 Å². The normalized spacial score (nSPS) is 13.5. The van der Waals surface area contributed by atoms with E-state index in [9.17, 15) is 0 Å². The minimum absolute atomic E-state index is 0.738. The zero-order valence-corrected chi connectivity index (χ0v) is 8.56. The Kier molecular flexibility index (Phi) is 8.35. The molecule has 0 spiro atoms. The summed E-state index contributed by atoms with van der Waals surface area (Å²) in [5.41, 5.74) is 0. The maximum Gasteiger partial charge on any atom is 0.0156 e. The lowest BCUT2D eigenvalue weighted by Crippen LogP contribution is -2.02. The summed E-state index contributed by atoms with van der Waals surface area (Å²) < 4.78 is 0. The van der Waals surface area contributed by atoms with Gasteiger partial charge in [0.1, 0.15) is 0 Å². The van der Waals surface area contributed by atoms with Crippen molar-refractivity contribution >= 4 is 24.4 Å². The van der Waals surface area contributed by atoms with Gasteiger partial charge in [0.25, 0.3) is 0 Å². The summed E-state index contributed by atoms with van der Waals surface area (Å²) in [7, 11) is 0. The van der Waals surface area contributed by atoms with Gasteiger partial charge in [-0.15, -0.1) is 0 Å². The van der Waals surface area contributed by atoms with Crippen LogP contribution in [0.3, 0.4) is 0 Å². The predicted octanol–water partition coefficient (Wildman–Crippen LogP) is 3.50. The Balaban J connectivity index is 3.09. The van der Waals surface area contributed by atoms with Crippen molar-refractivity contribution in [3.8, 4) is 0 Å². The number of thioether (sulfide) groups is 1. The van der Waals surface area contributed by atoms with E-state index in [1.807, 2.05) is 11.8 Å². The molecule has 0 bridgehead atoms. The van der Waals surface area contributed by atoms with E-state index in [4.69, 9.17) is 12.6 Å². The van der Waals surface area contributed by atoms with Gasteiger partial charge in [0.2, 0.25) is 0 Å². The Bertz CT molecular complexity index is 60.3. The summed E-state index contributed by atoms with van der Waals surface area (Å²) in [6.45, 7) is 4.45. The minimum Gasteiger partial charge on any atom is -0.158 e. The first kappa shape index (κ1) is 10.7. The first-order chi connectivity index (χ1) is 4.85. The highest BCUT2D eigenvalue weighted by Gasteiger charge is 2.02. The van der Waals surface area contributed by atoms with Gasteiger partial charge in [-0.1, -0.05) is 32.9 Å². The molecule has 0 aromatic carbocycles. The van der Waals surface area contributed by atoms with Crippen molar-refractivity contribution in [2.24, 2.45) is 0 Å².